The molecular weight excluding hydrogens is 204 g/mol. The number of hydrogen-bond acceptors (Lipinski definition) is 4. The molecule has 0 aromatic carbocycles. The van der Waals surface area contributed by atoms with Crippen molar-refractivity contribution in [2.75, 3.05) is 18.9 Å². The average Bonchev–Trinajstić information content (AvgIpc) is 2.11. The van der Waals surface area contributed by atoms with E-state index in [-0.39, 0.29) is 5.75 Å². The number of sulfonamides is 1. The van der Waals surface area contributed by atoms with E-state index in [0.29, 0.717) is 26.0 Å². The molecule has 0 aliphatic carbocycles. The summed E-state index contributed by atoms with van der Waals surface area (Å²) in [5.74, 6) is 0.182. The number of rotatable bonds is 8. The molecule has 6 heteroatoms. The standard InChI is InChI=1S/C8H18N2O3S/c1-3-8-14(11,12)10-6-5-7-13-9-4-2/h4,10H,3,5-8H2,1-2H3. The van der Waals surface area contributed by atoms with Crippen LogP contribution >= 0.6 is 0 Å². The van der Waals surface area contributed by atoms with Gasteiger partial charge in [0, 0.05) is 12.8 Å². The summed E-state index contributed by atoms with van der Waals surface area (Å²) >= 11 is 0. The molecule has 14 heavy (non-hydrogen) atoms. The van der Waals surface area contributed by atoms with Crippen LogP contribution in [-0.4, -0.2) is 33.5 Å². The largest absolute Gasteiger partial charge is 0.396 e. The minimum atomic E-state index is -3.07. The van der Waals surface area contributed by atoms with Crippen molar-refractivity contribution >= 4 is 16.2 Å². The van der Waals surface area contributed by atoms with Gasteiger partial charge < -0.3 is 4.84 Å². The minimum Gasteiger partial charge on any atom is -0.396 e. The lowest BCUT2D eigenvalue weighted by Gasteiger charge is -2.04. The molecule has 0 aromatic rings. The van der Waals surface area contributed by atoms with Crippen molar-refractivity contribution in [3.05, 3.63) is 0 Å². The first kappa shape index (κ1) is 13.4. The first-order valence-corrected chi connectivity index (χ1v) is 6.35. The van der Waals surface area contributed by atoms with Gasteiger partial charge in [0.15, 0.2) is 0 Å². The second kappa shape index (κ2) is 7.75. The van der Waals surface area contributed by atoms with Crippen LogP contribution in [0.5, 0.6) is 0 Å². The van der Waals surface area contributed by atoms with Crippen molar-refractivity contribution in [2.24, 2.45) is 5.16 Å². The van der Waals surface area contributed by atoms with Gasteiger partial charge in [0.2, 0.25) is 10.0 Å². The second-order valence-corrected chi connectivity index (χ2v) is 4.69. The third-order valence-electron chi connectivity index (χ3n) is 1.39. The van der Waals surface area contributed by atoms with Crippen molar-refractivity contribution in [3.8, 4) is 0 Å². The smallest absolute Gasteiger partial charge is 0.211 e. The van der Waals surface area contributed by atoms with Gasteiger partial charge in [0.25, 0.3) is 0 Å². The highest BCUT2D eigenvalue weighted by molar-refractivity contribution is 7.89. The zero-order valence-corrected chi connectivity index (χ0v) is 9.51. The molecule has 5 nitrogen and oxygen atoms in total. The highest BCUT2D eigenvalue weighted by atomic mass is 32.2. The van der Waals surface area contributed by atoms with E-state index >= 15 is 0 Å². The molecule has 0 bridgehead atoms. The third kappa shape index (κ3) is 8.00. The lowest BCUT2D eigenvalue weighted by Crippen LogP contribution is -2.27. The summed E-state index contributed by atoms with van der Waals surface area (Å²) in [6.07, 6.45) is 2.80. The molecule has 0 unspecified atom stereocenters. The first-order chi connectivity index (χ1) is 6.62. The maximum absolute atomic E-state index is 11.1. The predicted octanol–water partition coefficient (Wildman–Crippen LogP) is 0.728. The summed E-state index contributed by atoms with van der Waals surface area (Å²) in [6, 6.07) is 0. The Morgan fingerprint density at radius 1 is 1.50 bits per heavy atom. The summed E-state index contributed by atoms with van der Waals surface area (Å²) in [7, 11) is -3.07. The van der Waals surface area contributed by atoms with E-state index in [2.05, 4.69) is 9.88 Å². The van der Waals surface area contributed by atoms with Crippen molar-refractivity contribution in [2.45, 2.75) is 26.7 Å². The first-order valence-electron chi connectivity index (χ1n) is 4.69. The van der Waals surface area contributed by atoms with E-state index in [1.165, 1.54) is 0 Å². The predicted molar refractivity (Wildman–Crippen MR) is 56.8 cm³/mol. The highest BCUT2D eigenvalue weighted by Crippen LogP contribution is 1.89. The van der Waals surface area contributed by atoms with Crippen LogP contribution in [0.2, 0.25) is 0 Å². The summed E-state index contributed by atoms with van der Waals surface area (Å²) in [5.41, 5.74) is 0. The molecule has 0 aliphatic heterocycles. The maximum Gasteiger partial charge on any atom is 0.211 e. The van der Waals surface area contributed by atoms with Gasteiger partial charge in [-0.05, 0) is 19.8 Å². The monoisotopic (exact) mass is 222 g/mol. The SMILES string of the molecule is CC=NOCCCNS(=O)(=O)CCC. The molecular formula is C8H18N2O3S. The summed E-state index contributed by atoms with van der Waals surface area (Å²) in [4.78, 5) is 4.79. The molecule has 1 N–H and O–H groups in total. The van der Waals surface area contributed by atoms with E-state index < -0.39 is 10.0 Å². The second-order valence-electron chi connectivity index (χ2n) is 2.76. The van der Waals surface area contributed by atoms with Crippen molar-refractivity contribution in [1.29, 1.82) is 0 Å². The highest BCUT2D eigenvalue weighted by Gasteiger charge is 2.06. The van der Waals surface area contributed by atoms with Gasteiger partial charge in [-0.2, -0.15) is 0 Å². The quantitative estimate of drug-likeness (QED) is 0.374. The van der Waals surface area contributed by atoms with E-state index in [4.69, 9.17) is 4.84 Å². The normalized spacial score (nSPS) is 12.1. The van der Waals surface area contributed by atoms with Crippen LogP contribution in [0.1, 0.15) is 26.7 Å². The Morgan fingerprint density at radius 2 is 2.21 bits per heavy atom. The van der Waals surface area contributed by atoms with E-state index in [0.717, 1.165) is 0 Å². The average molecular weight is 222 g/mol. The molecule has 0 radical (unpaired) electrons. The minimum absolute atomic E-state index is 0.182. The molecule has 0 spiro atoms. The van der Waals surface area contributed by atoms with Gasteiger partial charge in [0.1, 0.15) is 6.61 Å². The summed E-state index contributed by atoms with van der Waals surface area (Å²) in [5, 5.41) is 3.54. The number of nitrogens with zero attached hydrogens (tertiary/aromatic N) is 1. The van der Waals surface area contributed by atoms with Crippen LogP contribution in [-0.2, 0) is 14.9 Å². The zero-order valence-electron chi connectivity index (χ0n) is 8.69. The van der Waals surface area contributed by atoms with Gasteiger partial charge in [-0.25, -0.2) is 13.1 Å². The third-order valence-corrected chi connectivity index (χ3v) is 2.98. The van der Waals surface area contributed by atoms with Gasteiger partial charge in [0.05, 0.1) is 5.75 Å². The van der Waals surface area contributed by atoms with Crippen LogP contribution in [0, 0.1) is 0 Å². The van der Waals surface area contributed by atoms with Gasteiger partial charge in [-0.15, -0.1) is 0 Å². The molecule has 0 amide bonds. The van der Waals surface area contributed by atoms with E-state index in [1.807, 2.05) is 6.92 Å². The molecule has 84 valence electrons. The Bertz CT molecular complexity index is 249. The lowest BCUT2D eigenvalue weighted by atomic mass is 10.5. The summed E-state index contributed by atoms with van der Waals surface area (Å²) < 4.78 is 24.8. The Labute approximate surface area is 85.6 Å². The van der Waals surface area contributed by atoms with Crippen molar-refractivity contribution in [1.82, 2.24) is 4.72 Å². The van der Waals surface area contributed by atoms with Gasteiger partial charge in [-0.1, -0.05) is 12.1 Å². The Balaban J connectivity index is 3.44. The van der Waals surface area contributed by atoms with Gasteiger partial charge in [-0.3, -0.25) is 0 Å². The fraction of sp³-hybridized carbons (Fsp3) is 0.875. The van der Waals surface area contributed by atoms with Crippen LogP contribution in [0.4, 0.5) is 0 Å². The molecule has 0 fully saturated rings. The Kier molecular flexibility index (Phi) is 7.41. The van der Waals surface area contributed by atoms with Crippen LogP contribution in [0.3, 0.4) is 0 Å². The molecule has 0 saturated heterocycles. The van der Waals surface area contributed by atoms with Crippen LogP contribution in [0.15, 0.2) is 5.16 Å². The van der Waals surface area contributed by atoms with Gasteiger partial charge >= 0.3 is 0 Å². The maximum atomic E-state index is 11.1. The molecule has 0 rings (SSSR count). The fourth-order valence-corrected chi connectivity index (χ4v) is 1.97. The topological polar surface area (TPSA) is 67.8 Å². The molecule has 0 saturated carbocycles. The zero-order chi connectivity index (χ0) is 10.9. The Hall–Kier alpha value is -0.620. The van der Waals surface area contributed by atoms with Crippen molar-refractivity contribution < 1.29 is 13.3 Å². The van der Waals surface area contributed by atoms with Crippen molar-refractivity contribution in [3.63, 3.8) is 0 Å². The number of hydrogen-bond donors (Lipinski definition) is 1. The Morgan fingerprint density at radius 3 is 2.79 bits per heavy atom. The van der Waals surface area contributed by atoms with Crippen LogP contribution in [0.25, 0.3) is 0 Å². The summed E-state index contributed by atoms with van der Waals surface area (Å²) in [6.45, 7) is 4.42. The van der Waals surface area contributed by atoms with E-state index in [1.54, 1.807) is 13.1 Å². The number of nitrogens with one attached hydrogen (secondary N) is 1. The van der Waals surface area contributed by atoms with Crippen LogP contribution < -0.4 is 4.72 Å². The lowest BCUT2D eigenvalue weighted by molar-refractivity contribution is 0.144. The molecule has 0 aliphatic rings. The number of oxime groups is 1. The fourth-order valence-electron chi connectivity index (χ4n) is 0.833. The van der Waals surface area contributed by atoms with E-state index in [9.17, 15) is 8.42 Å². The molecule has 0 heterocycles. The molecule has 0 atom stereocenters. The molecule has 0 aromatic heterocycles.